The van der Waals surface area contributed by atoms with Crippen molar-refractivity contribution in [3.05, 3.63) is 35.9 Å². The van der Waals surface area contributed by atoms with Crippen molar-refractivity contribution in [3.8, 4) is 0 Å². The lowest BCUT2D eigenvalue weighted by Gasteiger charge is -2.00. The van der Waals surface area contributed by atoms with Crippen molar-refractivity contribution in [3.63, 3.8) is 0 Å². The first kappa shape index (κ1) is 7.50. The van der Waals surface area contributed by atoms with Crippen molar-refractivity contribution in [1.29, 1.82) is 0 Å². The van der Waals surface area contributed by atoms with Gasteiger partial charge in [0, 0.05) is 10.9 Å². The standard InChI is InChI=1S/C11H7N2O/c14-10-6-8-5-7-3-1-2-4-9(7)12-11(8)13-10/h1,3-5H,6H2,(H,12,13,14). The van der Waals surface area contributed by atoms with Crippen molar-refractivity contribution >= 4 is 22.6 Å². The maximum atomic E-state index is 11.1. The maximum absolute atomic E-state index is 11.1. The van der Waals surface area contributed by atoms with Crippen molar-refractivity contribution in [2.45, 2.75) is 6.42 Å². The number of rotatable bonds is 0. The van der Waals surface area contributed by atoms with Gasteiger partial charge in [-0.2, -0.15) is 0 Å². The van der Waals surface area contributed by atoms with Gasteiger partial charge >= 0.3 is 0 Å². The number of nitrogens with zero attached hydrogens (tertiary/aromatic N) is 1. The average molecular weight is 183 g/mol. The molecule has 1 aliphatic rings. The highest BCUT2D eigenvalue weighted by Crippen LogP contribution is 2.24. The number of amides is 1. The summed E-state index contributed by atoms with van der Waals surface area (Å²) < 4.78 is 0. The molecule has 1 aliphatic heterocycles. The van der Waals surface area contributed by atoms with Gasteiger partial charge in [0.2, 0.25) is 5.91 Å². The minimum absolute atomic E-state index is 0.0202. The Balaban J connectivity index is 2.31. The molecule has 1 aromatic carbocycles. The molecule has 0 fully saturated rings. The van der Waals surface area contributed by atoms with Crippen molar-refractivity contribution in [1.82, 2.24) is 4.98 Å². The fourth-order valence-corrected chi connectivity index (χ4v) is 1.69. The molecule has 0 saturated carbocycles. The fourth-order valence-electron chi connectivity index (χ4n) is 1.69. The van der Waals surface area contributed by atoms with E-state index in [0.717, 1.165) is 16.5 Å². The second kappa shape index (κ2) is 2.54. The quantitative estimate of drug-likeness (QED) is 0.673. The maximum Gasteiger partial charge on any atom is 0.230 e. The van der Waals surface area contributed by atoms with Gasteiger partial charge in [-0.05, 0) is 18.2 Å². The largest absolute Gasteiger partial charge is 0.310 e. The summed E-state index contributed by atoms with van der Waals surface area (Å²) in [6, 6.07) is 10.6. The Labute approximate surface area is 80.8 Å². The van der Waals surface area contributed by atoms with E-state index >= 15 is 0 Å². The van der Waals surface area contributed by atoms with Crippen molar-refractivity contribution < 1.29 is 4.79 Å². The van der Waals surface area contributed by atoms with Crippen LogP contribution in [0.15, 0.2) is 24.3 Å². The van der Waals surface area contributed by atoms with Crippen LogP contribution in [-0.4, -0.2) is 10.9 Å². The lowest BCUT2D eigenvalue weighted by atomic mass is 10.1. The van der Waals surface area contributed by atoms with Crippen LogP contribution in [-0.2, 0) is 11.2 Å². The number of hydrogen-bond acceptors (Lipinski definition) is 2. The van der Waals surface area contributed by atoms with Gasteiger partial charge in [-0.1, -0.05) is 12.1 Å². The first-order valence-corrected chi connectivity index (χ1v) is 4.42. The summed E-state index contributed by atoms with van der Waals surface area (Å²) in [5, 5.41) is 3.78. The second-order valence-corrected chi connectivity index (χ2v) is 3.34. The van der Waals surface area contributed by atoms with Gasteiger partial charge in [0.1, 0.15) is 5.82 Å². The SMILES string of the molecule is O=C1Cc2cc3cc[c]cc3nc2N1. The van der Waals surface area contributed by atoms with Crippen LogP contribution in [0.25, 0.3) is 10.9 Å². The molecule has 67 valence electrons. The molecule has 0 saturated heterocycles. The smallest absolute Gasteiger partial charge is 0.230 e. The lowest BCUT2D eigenvalue weighted by molar-refractivity contribution is -0.115. The average Bonchev–Trinajstić information content (AvgIpc) is 2.53. The van der Waals surface area contributed by atoms with Crippen LogP contribution >= 0.6 is 0 Å². The Bertz CT molecular complexity index is 487. The number of anilines is 1. The molecule has 2 aromatic rings. The van der Waals surface area contributed by atoms with E-state index in [1.165, 1.54) is 0 Å². The monoisotopic (exact) mass is 183 g/mol. The molecule has 3 nitrogen and oxygen atoms in total. The van der Waals surface area contributed by atoms with Crippen molar-refractivity contribution in [2.75, 3.05) is 5.32 Å². The first-order valence-electron chi connectivity index (χ1n) is 4.42. The van der Waals surface area contributed by atoms with E-state index in [1.54, 1.807) is 0 Å². The number of nitrogens with one attached hydrogen (secondary N) is 1. The van der Waals surface area contributed by atoms with Crippen LogP contribution in [0, 0.1) is 6.07 Å². The highest BCUT2D eigenvalue weighted by atomic mass is 16.1. The number of benzene rings is 1. The number of aromatic nitrogens is 1. The van der Waals surface area contributed by atoms with Crippen molar-refractivity contribution in [2.24, 2.45) is 0 Å². The Morgan fingerprint density at radius 2 is 2.43 bits per heavy atom. The molecule has 0 unspecified atom stereocenters. The Morgan fingerprint density at radius 3 is 3.36 bits per heavy atom. The number of hydrogen-bond donors (Lipinski definition) is 1. The van der Waals surface area contributed by atoms with Gasteiger partial charge in [0.15, 0.2) is 0 Å². The predicted molar refractivity (Wildman–Crippen MR) is 52.9 cm³/mol. The molecule has 14 heavy (non-hydrogen) atoms. The molecule has 1 radical (unpaired) electrons. The molecular formula is C11H7N2O. The van der Waals surface area contributed by atoms with Crippen LogP contribution in [0.1, 0.15) is 5.56 Å². The third-order valence-corrected chi connectivity index (χ3v) is 2.35. The summed E-state index contributed by atoms with van der Waals surface area (Å²) >= 11 is 0. The summed E-state index contributed by atoms with van der Waals surface area (Å²) in [6.45, 7) is 0. The van der Waals surface area contributed by atoms with Gasteiger partial charge in [0.05, 0.1) is 11.9 Å². The highest BCUT2D eigenvalue weighted by molar-refractivity contribution is 6.00. The third kappa shape index (κ3) is 0.988. The number of carbonyl (C=O) groups is 1. The molecule has 0 atom stereocenters. The third-order valence-electron chi connectivity index (χ3n) is 2.35. The summed E-state index contributed by atoms with van der Waals surface area (Å²) in [5.74, 6) is 0.717. The van der Waals surface area contributed by atoms with Crippen LogP contribution in [0.4, 0.5) is 5.82 Å². The molecule has 1 amide bonds. The van der Waals surface area contributed by atoms with Crippen LogP contribution in [0.5, 0.6) is 0 Å². The van der Waals surface area contributed by atoms with E-state index in [2.05, 4.69) is 16.4 Å². The Hall–Kier alpha value is -1.90. The van der Waals surface area contributed by atoms with Gasteiger partial charge in [-0.15, -0.1) is 0 Å². The van der Waals surface area contributed by atoms with Gasteiger partial charge in [-0.3, -0.25) is 4.79 Å². The summed E-state index contributed by atoms with van der Waals surface area (Å²) in [4.78, 5) is 15.5. The molecule has 3 rings (SSSR count). The van der Waals surface area contributed by atoms with Crippen LogP contribution in [0.2, 0.25) is 0 Å². The highest BCUT2D eigenvalue weighted by Gasteiger charge is 2.18. The lowest BCUT2D eigenvalue weighted by Crippen LogP contribution is -2.04. The van der Waals surface area contributed by atoms with Gasteiger partial charge in [0.25, 0.3) is 0 Å². The Kier molecular flexibility index (Phi) is 1.36. The van der Waals surface area contributed by atoms with E-state index in [1.807, 2.05) is 24.3 Å². The summed E-state index contributed by atoms with van der Waals surface area (Å²) in [5.41, 5.74) is 1.85. The van der Waals surface area contributed by atoms with E-state index in [9.17, 15) is 4.79 Å². The molecule has 3 heteroatoms. The molecular weight excluding hydrogens is 176 g/mol. The molecule has 2 heterocycles. The van der Waals surface area contributed by atoms with Crippen LogP contribution < -0.4 is 5.32 Å². The second-order valence-electron chi connectivity index (χ2n) is 3.34. The summed E-state index contributed by atoms with van der Waals surface area (Å²) in [6.07, 6.45) is 0.441. The number of pyridine rings is 1. The zero-order valence-corrected chi connectivity index (χ0v) is 7.37. The van der Waals surface area contributed by atoms with E-state index in [4.69, 9.17) is 0 Å². The zero-order valence-electron chi connectivity index (χ0n) is 7.37. The minimum Gasteiger partial charge on any atom is -0.310 e. The topological polar surface area (TPSA) is 42.0 Å². The van der Waals surface area contributed by atoms with Crippen LogP contribution in [0.3, 0.4) is 0 Å². The van der Waals surface area contributed by atoms with E-state index in [-0.39, 0.29) is 5.91 Å². The fraction of sp³-hybridized carbons (Fsp3) is 0.0909. The van der Waals surface area contributed by atoms with Gasteiger partial charge in [-0.25, -0.2) is 4.98 Å². The van der Waals surface area contributed by atoms with E-state index < -0.39 is 0 Å². The van der Waals surface area contributed by atoms with Gasteiger partial charge < -0.3 is 5.32 Å². The molecule has 0 bridgehead atoms. The molecule has 1 aromatic heterocycles. The Morgan fingerprint density at radius 1 is 1.50 bits per heavy atom. The zero-order chi connectivity index (χ0) is 9.54. The molecule has 1 N–H and O–H groups in total. The molecule has 0 aliphatic carbocycles. The van der Waals surface area contributed by atoms with E-state index in [0.29, 0.717) is 12.2 Å². The number of carbonyl (C=O) groups excluding carboxylic acids is 1. The predicted octanol–water partition coefficient (Wildman–Crippen LogP) is 1.53. The first-order chi connectivity index (χ1) is 6.83. The normalized spacial score (nSPS) is 14.1. The minimum atomic E-state index is 0.0202. The molecule has 0 spiro atoms. The number of fused-ring (bicyclic) bond motifs is 2. The summed E-state index contributed by atoms with van der Waals surface area (Å²) in [7, 11) is 0.